The van der Waals surface area contributed by atoms with Crippen molar-refractivity contribution in [3.8, 4) is 0 Å². The number of hydrazine groups is 1. The van der Waals surface area contributed by atoms with Gasteiger partial charge in [0.2, 0.25) is 0 Å². The van der Waals surface area contributed by atoms with Crippen molar-refractivity contribution < 1.29 is 8.78 Å². The fourth-order valence-corrected chi connectivity index (χ4v) is 1.50. The molecule has 0 amide bonds. The molecular formula is C10H12F2N2. The molecule has 14 heavy (non-hydrogen) atoms. The second kappa shape index (κ2) is 3.20. The topological polar surface area (TPSA) is 38.0 Å². The molecule has 1 aliphatic carbocycles. The maximum atomic E-state index is 13.6. The number of alkyl halides is 2. The van der Waals surface area contributed by atoms with E-state index in [4.69, 9.17) is 5.84 Å². The van der Waals surface area contributed by atoms with E-state index in [0.29, 0.717) is 18.5 Å². The highest BCUT2D eigenvalue weighted by atomic mass is 19.3. The highest BCUT2D eigenvalue weighted by Gasteiger charge is 2.47. The third-order valence-electron chi connectivity index (χ3n) is 2.50. The Hall–Kier alpha value is -1.16. The molecule has 4 heteroatoms. The summed E-state index contributed by atoms with van der Waals surface area (Å²) in [6, 6.07) is 6.09. The molecule has 1 aromatic carbocycles. The van der Waals surface area contributed by atoms with Crippen LogP contribution in [0, 0.1) is 5.92 Å². The lowest BCUT2D eigenvalue weighted by Gasteiger charge is -2.16. The van der Waals surface area contributed by atoms with E-state index in [1.807, 2.05) is 0 Å². The van der Waals surface area contributed by atoms with Gasteiger partial charge in [-0.1, -0.05) is 12.1 Å². The number of hydrogen-bond donors (Lipinski definition) is 2. The van der Waals surface area contributed by atoms with Crippen LogP contribution in [0.3, 0.4) is 0 Å². The second-order valence-electron chi connectivity index (χ2n) is 3.62. The van der Waals surface area contributed by atoms with Gasteiger partial charge in [0.25, 0.3) is 5.92 Å². The Kier molecular flexibility index (Phi) is 2.15. The van der Waals surface area contributed by atoms with E-state index in [2.05, 4.69) is 5.43 Å². The van der Waals surface area contributed by atoms with Crippen molar-refractivity contribution in [3.63, 3.8) is 0 Å². The number of nitrogens with one attached hydrogen (secondary N) is 1. The van der Waals surface area contributed by atoms with Crippen LogP contribution < -0.4 is 11.3 Å². The Morgan fingerprint density at radius 1 is 1.36 bits per heavy atom. The first-order valence-corrected chi connectivity index (χ1v) is 4.59. The van der Waals surface area contributed by atoms with Gasteiger partial charge >= 0.3 is 0 Å². The van der Waals surface area contributed by atoms with Gasteiger partial charge in [-0.3, -0.25) is 5.84 Å². The Balaban J connectivity index is 2.30. The fourth-order valence-electron chi connectivity index (χ4n) is 1.50. The van der Waals surface area contributed by atoms with E-state index in [9.17, 15) is 8.78 Å². The van der Waals surface area contributed by atoms with Crippen LogP contribution in [0.4, 0.5) is 14.5 Å². The number of hydrogen-bond acceptors (Lipinski definition) is 2. The summed E-state index contributed by atoms with van der Waals surface area (Å²) in [6.45, 7) is 0. The van der Waals surface area contributed by atoms with E-state index in [1.165, 1.54) is 12.1 Å². The zero-order valence-corrected chi connectivity index (χ0v) is 7.63. The summed E-state index contributed by atoms with van der Waals surface area (Å²) in [6.07, 6.45) is 1.24. The predicted molar refractivity (Wildman–Crippen MR) is 50.9 cm³/mol. The van der Waals surface area contributed by atoms with E-state index in [0.717, 1.165) is 0 Å². The zero-order valence-electron chi connectivity index (χ0n) is 7.63. The molecule has 76 valence electrons. The molecule has 0 unspecified atom stereocenters. The molecular weight excluding hydrogens is 186 g/mol. The van der Waals surface area contributed by atoms with Gasteiger partial charge in [-0.15, -0.1) is 0 Å². The summed E-state index contributed by atoms with van der Waals surface area (Å²) in [5, 5.41) is 0. The Bertz CT molecular complexity index is 335. The highest BCUT2D eigenvalue weighted by molar-refractivity contribution is 5.45. The maximum absolute atomic E-state index is 13.6. The average molecular weight is 198 g/mol. The molecule has 0 aliphatic heterocycles. The van der Waals surface area contributed by atoms with Crippen LogP contribution in [0.25, 0.3) is 0 Å². The fraction of sp³-hybridized carbons (Fsp3) is 0.400. The third kappa shape index (κ3) is 1.57. The molecule has 1 aromatic rings. The van der Waals surface area contributed by atoms with Gasteiger partial charge in [-0.05, 0) is 25.0 Å². The van der Waals surface area contributed by atoms with Crippen LogP contribution in [-0.2, 0) is 5.92 Å². The van der Waals surface area contributed by atoms with Gasteiger partial charge < -0.3 is 5.43 Å². The summed E-state index contributed by atoms with van der Waals surface area (Å²) < 4.78 is 27.2. The Morgan fingerprint density at radius 3 is 2.64 bits per heavy atom. The quantitative estimate of drug-likeness (QED) is 0.578. The number of nitrogens with two attached hydrogens (primary N) is 1. The van der Waals surface area contributed by atoms with E-state index in [-0.39, 0.29) is 5.56 Å². The van der Waals surface area contributed by atoms with Gasteiger partial charge in [-0.2, -0.15) is 0 Å². The summed E-state index contributed by atoms with van der Waals surface area (Å²) in [5.74, 6) is 1.98. The summed E-state index contributed by atoms with van der Waals surface area (Å²) in [7, 11) is 0. The van der Waals surface area contributed by atoms with Crippen molar-refractivity contribution in [1.29, 1.82) is 0 Å². The minimum Gasteiger partial charge on any atom is -0.324 e. The van der Waals surface area contributed by atoms with Crippen molar-refractivity contribution in [2.75, 3.05) is 5.43 Å². The van der Waals surface area contributed by atoms with Crippen LogP contribution >= 0.6 is 0 Å². The molecule has 2 rings (SSSR count). The smallest absolute Gasteiger partial charge is 0.276 e. The molecule has 0 radical (unpaired) electrons. The van der Waals surface area contributed by atoms with Crippen LogP contribution in [0.2, 0.25) is 0 Å². The van der Waals surface area contributed by atoms with Gasteiger partial charge in [0.15, 0.2) is 0 Å². The predicted octanol–water partition coefficient (Wildman–Crippen LogP) is 2.47. The summed E-state index contributed by atoms with van der Waals surface area (Å²) in [5.41, 5.74) is 2.93. The lowest BCUT2D eigenvalue weighted by Crippen LogP contribution is -2.16. The first-order chi connectivity index (χ1) is 6.64. The molecule has 0 heterocycles. The highest BCUT2D eigenvalue weighted by Crippen LogP contribution is 2.49. The van der Waals surface area contributed by atoms with E-state index < -0.39 is 11.8 Å². The normalized spacial score (nSPS) is 16.8. The number of benzene rings is 1. The zero-order chi connectivity index (χ0) is 10.2. The minimum atomic E-state index is -2.70. The lowest BCUT2D eigenvalue weighted by molar-refractivity contribution is -0.0284. The summed E-state index contributed by atoms with van der Waals surface area (Å²) in [4.78, 5) is 0. The van der Waals surface area contributed by atoms with Crippen LogP contribution in [0.1, 0.15) is 18.4 Å². The van der Waals surface area contributed by atoms with Gasteiger partial charge in [0.1, 0.15) is 0 Å². The molecule has 2 nitrogen and oxygen atoms in total. The largest absolute Gasteiger partial charge is 0.324 e. The van der Waals surface area contributed by atoms with Crippen LogP contribution in [0.15, 0.2) is 24.3 Å². The number of halogens is 2. The third-order valence-corrected chi connectivity index (χ3v) is 2.50. The van der Waals surface area contributed by atoms with Crippen molar-refractivity contribution >= 4 is 5.69 Å². The number of anilines is 1. The molecule has 0 bridgehead atoms. The molecule has 1 fully saturated rings. The first kappa shape index (κ1) is 9.40. The standard InChI is InChI=1S/C10H12F2N2/c11-10(12,7-4-5-7)8-2-1-3-9(6-8)14-13/h1-3,6-7,14H,4-5,13H2. The van der Waals surface area contributed by atoms with Gasteiger partial charge in [0.05, 0.1) is 0 Å². The average Bonchev–Trinajstić information content (AvgIpc) is 3.01. The Morgan fingerprint density at radius 2 is 2.07 bits per heavy atom. The lowest BCUT2D eigenvalue weighted by atomic mass is 10.0. The van der Waals surface area contributed by atoms with E-state index in [1.54, 1.807) is 12.1 Å². The van der Waals surface area contributed by atoms with Crippen molar-refractivity contribution in [2.45, 2.75) is 18.8 Å². The molecule has 1 aliphatic rings. The molecule has 0 atom stereocenters. The van der Waals surface area contributed by atoms with Crippen molar-refractivity contribution in [3.05, 3.63) is 29.8 Å². The monoisotopic (exact) mass is 198 g/mol. The van der Waals surface area contributed by atoms with E-state index >= 15 is 0 Å². The molecule has 0 saturated heterocycles. The second-order valence-corrected chi connectivity index (χ2v) is 3.62. The van der Waals surface area contributed by atoms with Crippen molar-refractivity contribution in [2.24, 2.45) is 11.8 Å². The SMILES string of the molecule is NNc1cccc(C(F)(F)C2CC2)c1. The van der Waals surface area contributed by atoms with Crippen LogP contribution in [-0.4, -0.2) is 0 Å². The molecule has 3 N–H and O–H groups in total. The summed E-state index contributed by atoms with van der Waals surface area (Å²) >= 11 is 0. The van der Waals surface area contributed by atoms with Crippen LogP contribution in [0.5, 0.6) is 0 Å². The van der Waals surface area contributed by atoms with Gasteiger partial charge in [0, 0.05) is 17.2 Å². The minimum absolute atomic E-state index is 0.0513. The van der Waals surface area contributed by atoms with Crippen molar-refractivity contribution in [1.82, 2.24) is 0 Å². The number of nitrogen functional groups attached to an aromatic ring is 1. The van der Waals surface area contributed by atoms with Gasteiger partial charge in [-0.25, -0.2) is 8.78 Å². The number of rotatable bonds is 3. The Labute approximate surface area is 81.1 Å². The molecule has 0 spiro atoms. The molecule has 1 saturated carbocycles. The molecule has 0 aromatic heterocycles. The maximum Gasteiger partial charge on any atom is 0.276 e. The first-order valence-electron chi connectivity index (χ1n) is 4.59.